The van der Waals surface area contributed by atoms with Crippen LogP contribution in [0.1, 0.15) is 30.4 Å². The SMILES string of the molecule is NCc1cc(OCCN2CCCCC2)ccc1C(F)(F)F. The van der Waals surface area contributed by atoms with Crippen molar-refractivity contribution in [3.8, 4) is 5.75 Å². The molecule has 1 aromatic rings. The van der Waals surface area contributed by atoms with Gasteiger partial charge >= 0.3 is 6.18 Å². The van der Waals surface area contributed by atoms with Crippen LogP contribution in [0.25, 0.3) is 0 Å². The van der Waals surface area contributed by atoms with Gasteiger partial charge in [0.1, 0.15) is 12.4 Å². The largest absolute Gasteiger partial charge is 0.492 e. The number of alkyl halides is 3. The Labute approximate surface area is 122 Å². The molecule has 0 spiro atoms. The van der Waals surface area contributed by atoms with Gasteiger partial charge < -0.3 is 10.5 Å². The first kappa shape index (κ1) is 16.1. The quantitative estimate of drug-likeness (QED) is 0.908. The molecule has 3 nitrogen and oxygen atoms in total. The van der Waals surface area contributed by atoms with Gasteiger partial charge in [-0.05, 0) is 49.7 Å². The molecule has 2 rings (SSSR count). The van der Waals surface area contributed by atoms with Crippen molar-refractivity contribution in [2.75, 3.05) is 26.2 Å². The number of likely N-dealkylation sites (tertiary alicyclic amines) is 1. The van der Waals surface area contributed by atoms with Gasteiger partial charge in [0, 0.05) is 13.1 Å². The number of piperidine rings is 1. The van der Waals surface area contributed by atoms with Crippen LogP contribution in [0.15, 0.2) is 18.2 Å². The van der Waals surface area contributed by atoms with Gasteiger partial charge in [-0.3, -0.25) is 4.90 Å². The average molecular weight is 302 g/mol. The van der Waals surface area contributed by atoms with Crippen LogP contribution < -0.4 is 10.5 Å². The molecule has 1 saturated heterocycles. The fourth-order valence-electron chi connectivity index (χ4n) is 2.58. The smallest absolute Gasteiger partial charge is 0.416 e. The van der Waals surface area contributed by atoms with Crippen molar-refractivity contribution in [2.24, 2.45) is 5.73 Å². The number of benzene rings is 1. The molecule has 1 aliphatic heterocycles. The van der Waals surface area contributed by atoms with Crippen LogP contribution in [0.5, 0.6) is 5.75 Å². The number of nitrogens with two attached hydrogens (primary N) is 1. The molecule has 1 fully saturated rings. The van der Waals surface area contributed by atoms with Crippen molar-refractivity contribution in [1.29, 1.82) is 0 Å². The van der Waals surface area contributed by atoms with Crippen LogP contribution in [0.4, 0.5) is 13.2 Å². The fourth-order valence-corrected chi connectivity index (χ4v) is 2.58. The van der Waals surface area contributed by atoms with Crippen molar-refractivity contribution in [3.05, 3.63) is 29.3 Å². The van der Waals surface area contributed by atoms with Gasteiger partial charge in [0.2, 0.25) is 0 Å². The maximum Gasteiger partial charge on any atom is 0.416 e. The third-order valence-electron chi connectivity index (χ3n) is 3.73. The molecular formula is C15H21F3N2O. The lowest BCUT2D eigenvalue weighted by atomic mass is 10.1. The second-order valence-corrected chi connectivity index (χ2v) is 5.27. The Hall–Kier alpha value is -1.27. The lowest BCUT2D eigenvalue weighted by Gasteiger charge is -2.26. The summed E-state index contributed by atoms with van der Waals surface area (Å²) in [6.45, 7) is 3.28. The third-order valence-corrected chi connectivity index (χ3v) is 3.73. The highest BCUT2D eigenvalue weighted by atomic mass is 19.4. The normalized spacial score (nSPS) is 17.0. The highest BCUT2D eigenvalue weighted by Gasteiger charge is 2.33. The molecule has 0 aromatic heterocycles. The molecule has 0 atom stereocenters. The molecule has 0 saturated carbocycles. The van der Waals surface area contributed by atoms with Gasteiger partial charge in [0.15, 0.2) is 0 Å². The van der Waals surface area contributed by atoms with Crippen molar-refractivity contribution in [1.82, 2.24) is 4.90 Å². The van der Waals surface area contributed by atoms with Gasteiger partial charge in [-0.15, -0.1) is 0 Å². The lowest BCUT2D eigenvalue weighted by molar-refractivity contribution is -0.138. The second-order valence-electron chi connectivity index (χ2n) is 5.27. The molecule has 2 N–H and O–H groups in total. The van der Waals surface area contributed by atoms with Gasteiger partial charge in [0.25, 0.3) is 0 Å². The van der Waals surface area contributed by atoms with Crippen molar-refractivity contribution >= 4 is 0 Å². The van der Waals surface area contributed by atoms with Crippen LogP contribution >= 0.6 is 0 Å². The minimum atomic E-state index is -4.37. The number of rotatable bonds is 5. The first-order valence-electron chi connectivity index (χ1n) is 7.26. The molecule has 21 heavy (non-hydrogen) atoms. The first-order chi connectivity index (χ1) is 10.0. The summed E-state index contributed by atoms with van der Waals surface area (Å²) in [5, 5.41) is 0. The summed E-state index contributed by atoms with van der Waals surface area (Å²) in [6, 6.07) is 3.79. The summed E-state index contributed by atoms with van der Waals surface area (Å²) < 4.78 is 43.8. The minimum Gasteiger partial charge on any atom is -0.492 e. The number of hydrogen-bond donors (Lipinski definition) is 1. The predicted octanol–water partition coefficient (Wildman–Crippen LogP) is 3.03. The maximum atomic E-state index is 12.8. The van der Waals surface area contributed by atoms with E-state index in [0.717, 1.165) is 25.7 Å². The van der Waals surface area contributed by atoms with Crippen LogP contribution in [0.3, 0.4) is 0 Å². The molecule has 0 amide bonds. The van der Waals surface area contributed by atoms with Gasteiger partial charge in [-0.25, -0.2) is 0 Å². The Balaban J connectivity index is 1.91. The summed E-state index contributed by atoms with van der Waals surface area (Å²) in [5.41, 5.74) is 4.78. The zero-order valence-corrected chi connectivity index (χ0v) is 12.0. The molecule has 0 radical (unpaired) electrons. The summed E-state index contributed by atoms with van der Waals surface area (Å²) in [7, 11) is 0. The molecule has 1 heterocycles. The Morgan fingerprint density at radius 1 is 1.14 bits per heavy atom. The van der Waals surface area contributed by atoms with E-state index < -0.39 is 11.7 Å². The van der Waals surface area contributed by atoms with Gasteiger partial charge in [0.05, 0.1) is 5.56 Å². The van der Waals surface area contributed by atoms with Gasteiger partial charge in [-0.2, -0.15) is 13.2 Å². The van der Waals surface area contributed by atoms with Crippen molar-refractivity contribution in [3.63, 3.8) is 0 Å². The molecule has 0 unspecified atom stereocenters. The van der Waals surface area contributed by atoms with E-state index in [1.165, 1.54) is 31.4 Å². The minimum absolute atomic E-state index is 0.0676. The number of nitrogens with zero attached hydrogens (tertiary/aromatic N) is 1. The fraction of sp³-hybridized carbons (Fsp3) is 0.600. The Morgan fingerprint density at radius 3 is 2.48 bits per heavy atom. The molecule has 6 heteroatoms. The predicted molar refractivity (Wildman–Crippen MR) is 75.1 cm³/mol. The maximum absolute atomic E-state index is 12.8. The van der Waals surface area contributed by atoms with E-state index in [9.17, 15) is 13.2 Å². The molecular weight excluding hydrogens is 281 g/mol. The average Bonchev–Trinajstić information content (AvgIpc) is 2.47. The number of halogens is 3. The van der Waals surface area contributed by atoms with E-state index in [4.69, 9.17) is 10.5 Å². The van der Waals surface area contributed by atoms with Crippen LogP contribution in [0.2, 0.25) is 0 Å². The van der Waals surface area contributed by atoms with E-state index >= 15 is 0 Å². The van der Waals surface area contributed by atoms with E-state index in [1.54, 1.807) is 0 Å². The van der Waals surface area contributed by atoms with E-state index in [1.807, 2.05) is 0 Å². The topological polar surface area (TPSA) is 38.5 Å². The Bertz CT molecular complexity index is 457. The van der Waals surface area contributed by atoms with Crippen molar-refractivity contribution in [2.45, 2.75) is 32.0 Å². The first-order valence-corrected chi connectivity index (χ1v) is 7.26. The zero-order chi connectivity index (χ0) is 15.3. The van der Waals surface area contributed by atoms with Crippen LogP contribution in [-0.4, -0.2) is 31.1 Å². The molecule has 1 aliphatic rings. The summed E-state index contributed by atoms with van der Waals surface area (Å²) in [5.74, 6) is 0.445. The van der Waals surface area contributed by atoms with E-state index in [0.29, 0.717) is 12.4 Å². The summed E-state index contributed by atoms with van der Waals surface area (Å²) in [4.78, 5) is 2.32. The summed E-state index contributed by atoms with van der Waals surface area (Å²) in [6.07, 6.45) is -0.688. The zero-order valence-electron chi connectivity index (χ0n) is 12.0. The monoisotopic (exact) mass is 302 g/mol. The second kappa shape index (κ2) is 7.13. The van der Waals surface area contributed by atoms with Crippen LogP contribution in [-0.2, 0) is 12.7 Å². The molecule has 118 valence electrons. The van der Waals surface area contributed by atoms with Gasteiger partial charge in [-0.1, -0.05) is 6.42 Å². The molecule has 1 aromatic carbocycles. The highest BCUT2D eigenvalue weighted by Crippen LogP contribution is 2.33. The van der Waals surface area contributed by atoms with Crippen molar-refractivity contribution < 1.29 is 17.9 Å². The van der Waals surface area contributed by atoms with E-state index in [-0.39, 0.29) is 12.1 Å². The Kier molecular flexibility index (Phi) is 5.47. The highest BCUT2D eigenvalue weighted by molar-refractivity contribution is 5.37. The van der Waals surface area contributed by atoms with E-state index in [2.05, 4.69) is 4.90 Å². The molecule has 0 bridgehead atoms. The summed E-state index contributed by atoms with van der Waals surface area (Å²) >= 11 is 0. The Morgan fingerprint density at radius 2 is 1.86 bits per heavy atom. The standard InChI is InChI=1S/C15H21F3N2O/c16-15(17,18)14-5-4-13(10-12(14)11-19)21-9-8-20-6-2-1-3-7-20/h4-5,10H,1-3,6-9,11,19H2. The van der Waals surface area contributed by atoms with Crippen LogP contribution in [0, 0.1) is 0 Å². The third kappa shape index (κ3) is 4.61. The number of hydrogen-bond acceptors (Lipinski definition) is 3. The number of ether oxygens (including phenoxy) is 1. The molecule has 0 aliphatic carbocycles. The lowest BCUT2D eigenvalue weighted by Crippen LogP contribution is -2.33.